The molecule has 186 valence electrons. The van der Waals surface area contributed by atoms with Gasteiger partial charge in [-0.1, -0.05) is 12.1 Å². The molecule has 0 saturated carbocycles. The molecule has 0 spiro atoms. The Kier molecular flexibility index (Phi) is 6.69. The summed E-state index contributed by atoms with van der Waals surface area (Å²) in [6.07, 6.45) is 8.04. The third kappa shape index (κ3) is 4.81. The maximum Gasteiger partial charge on any atom is 0.322 e. The summed E-state index contributed by atoms with van der Waals surface area (Å²) in [5.41, 5.74) is 7.76. The summed E-state index contributed by atoms with van der Waals surface area (Å²) < 4.78 is 0. The Labute approximate surface area is 211 Å². The average molecular weight is 484 g/mol. The van der Waals surface area contributed by atoms with Gasteiger partial charge < -0.3 is 10.2 Å². The smallest absolute Gasteiger partial charge is 0.316 e. The number of hydrogen-bond donors (Lipinski definition) is 2. The molecular formula is C28H33N7O. The van der Waals surface area contributed by atoms with Crippen LogP contribution in [0.2, 0.25) is 0 Å². The van der Waals surface area contributed by atoms with Crippen LogP contribution in [-0.4, -0.2) is 56.9 Å². The molecule has 1 atom stereocenters. The van der Waals surface area contributed by atoms with Crippen LogP contribution in [0.3, 0.4) is 0 Å². The van der Waals surface area contributed by atoms with Gasteiger partial charge in [0.05, 0.1) is 11.2 Å². The summed E-state index contributed by atoms with van der Waals surface area (Å²) in [5, 5.41) is 11.8. The number of nitrogens with one attached hydrogen (secondary N) is 2. The van der Waals surface area contributed by atoms with E-state index in [-0.39, 0.29) is 12.1 Å². The first-order chi connectivity index (χ1) is 17.4. The maximum absolute atomic E-state index is 13.1. The Morgan fingerprint density at radius 2 is 2.19 bits per heavy atom. The minimum atomic E-state index is -0.0322. The SMILES string of the molecule is C=N/C(C)=C\C(=C/C)c1n[nH]c2cc3c(cc12)CN([C@@H]1CCCN(Cc2ccc(C)nc2)C1)C(=O)N3. The van der Waals surface area contributed by atoms with Crippen LogP contribution in [0.15, 0.2) is 53.3 Å². The maximum atomic E-state index is 13.1. The van der Waals surface area contributed by atoms with Crippen LogP contribution < -0.4 is 5.32 Å². The molecule has 1 saturated heterocycles. The molecule has 0 aliphatic carbocycles. The van der Waals surface area contributed by atoms with Crippen molar-refractivity contribution in [1.82, 2.24) is 25.0 Å². The number of urea groups is 1. The van der Waals surface area contributed by atoms with E-state index >= 15 is 0 Å². The first-order valence-electron chi connectivity index (χ1n) is 12.5. The topological polar surface area (TPSA) is 89.5 Å². The molecule has 1 aromatic carbocycles. The van der Waals surface area contributed by atoms with Gasteiger partial charge in [-0.25, -0.2) is 4.79 Å². The van der Waals surface area contributed by atoms with Crippen molar-refractivity contribution >= 4 is 34.9 Å². The zero-order valence-corrected chi connectivity index (χ0v) is 21.2. The van der Waals surface area contributed by atoms with Gasteiger partial charge in [0.25, 0.3) is 0 Å². The highest BCUT2D eigenvalue weighted by molar-refractivity contribution is 5.99. The van der Waals surface area contributed by atoms with E-state index in [0.717, 1.165) is 77.3 Å². The predicted octanol–water partition coefficient (Wildman–Crippen LogP) is 5.29. The molecular weight excluding hydrogens is 450 g/mol. The lowest BCUT2D eigenvalue weighted by Gasteiger charge is -2.41. The van der Waals surface area contributed by atoms with Crippen molar-refractivity contribution in [3.63, 3.8) is 0 Å². The van der Waals surface area contributed by atoms with Gasteiger partial charge in [-0.3, -0.25) is 20.0 Å². The van der Waals surface area contributed by atoms with Crippen molar-refractivity contribution in [2.24, 2.45) is 4.99 Å². The third-order valence-electron chi connectivity index (χ3n) is 7.13. The zero-order valence-electron chi connectivity index (χ0n) is 21.2. The number of aliphatic imine (C=N–C) groups is 1. The van der Waals surface area contributed by atoms with Crippen LogP contribution in [-0.2, 0) is 13.1 Å². The summed E-state index contributed by atoms with van der Waals surface area (Å²) in [5.74, 6) is 0. The fourth-order valence-electron chi connectivity index (χ4n) is 5.15. The second kappa shape index (κ2) is 10.1. The van der Waals surface area contributed by atoms with E-state index in [2.05, 4.69) is 55.3 Å². The highest BCUT2D eigenvalue weighted by atomic mass is 16.2. The Morgan fingerprint density at radius 1 is 1.33 bits per heavy atom. The summed E-state index contributed by atoms with van der Waals surface area (Å²) in [4.78, 5) is 26.0. The number of carbonyl (C=O) groups excluding carboxylic acids is 1. The number of piperidine rings is 1. The number of hydrogen-bond acceptors (Lipinski definition) is 5. The second-order valence-corrected chi connectivity index (χ2v) is 9.71. The summed E-state index contributed by atoms with van der Waals surface area (Å²) in [7, 11) is 0. The average Bonchev–Trinajstić information content (AvgIpc) is 3.29. The van der Waals surface area contributed by atoms with Crippen LogP contribution in [0.25, 0.3) is 16.5 Å². The molecule has 0 unspecified atom stereocenters. The molecule has 0 radical (unpaired) electrons. The second-order valence-electron chi connectivity index (χ2n) is 9.71. The minimum absolute atomic E-state index is 0.0322. The molecule has 2 aromatic heterocycles. The fourth-order valence-corrected chi connectivity index (χ4v) is 5.15. The lowest BCUT2D eigenvalue weighted by atomic mass is 9.99. The number of likely N-dealkylation sites (tertiary alicyclic amines) is 1. The van der Waals surface area contributed by atoms with Gasteiger partial charge in [0.15, 0.2) is 0 Å². The van der Waals surface area contributed by atoms with Crippen LogP contribution in [0.5, 0.6) is 0 Å². The highest BCUT2D eigenvalue weighted by Gasteiger charge is 2.32. The molecule has 2 amide bonds. The van der Waals surface area contributed by atoms with E-state index in [1.165, 1.54) is 5.56 Å². The molecule has 2 N–H and O–H groups in total. The number of benzene rings is 1. The zero-order chi connectivity index (χ0) is 25.2. The molecule has 1 fully saturated rings. The molecule has 0 bridgehead atoms. The van der Waals surface area contributed by atoms with Crippen molar-refractivity contribution < 1.29 is 4.79 Å². The number of aromatic amines is 1. The molecule has 5 rings (SSSR count). The number of carbonyl (C=O) groups is 1. The van der Waals surface area contributed by atoms with Gasteiger partial charge in [-0.15, -0.1) is 0 Å². The van der Waals surface area contributed by atoms with Crippen molar-refractivity contribution in [3.05, 3.63) is 70.8 Å². The first-order valence-corrected chi connectivity index (χ1v) is 12.5. The standard InChI is InChI=1S/C28H33N7O/c1-5-21(11-19(3)29-4)27-24-12-22-16-35(28(36)31-25(22)13-26(24)32-33-27)23-7-6-10-34(17-23)15-20-9-8-18(2)30-14-20/h5,8-9,11-14,23H,4,6-7,10,15-17H2,1-3H3,(H,31,36)(H,32,33)/b19-11-,21-5+/t23-/m1/s1. The molecule has 2 aliphatic heterocycles. The van der Waals surface area contributed by atoms with Crippen LogP contribution >= 0.6 is 0 Å². The number of nitrogens with zero attached hydrogens (tertiary/aromatic N) is 5. The van der Waals surface area contributed by atoms with Gasteiger partial charge >= 0.3 is 6.03 Å². The summed E-state index contributed by atoms with van der Waals surface area (Å²) >= 11 is 0. The Hall–Kier alpha value is -3.78. The molecule has 8 nitrogen and oxygen atoms in total. The highest BCUT2D eigenvalue weighted by Crippen LogP contribution is 2.33. The molecule has 36 heavy (non-hydrogen) atoms. The number of rotatable bonds is 6. The summed E-state index contributed by atoms with van der Waals surface area (Å²) in [6.45, 7) is 12.9. The van der Waals surface area contributed by atoms with Gasteiger partial charge in [-0.05, 0) is 82.3 Å². The van der Waals surface area contributed by atoms with E-state index in [9.17, 15) is 4.79 Å². The Balaban J connectivity index is 1.38. The monoisotopic (exact) mass is 483 g/mol. The van der Waals surface area contributed by atoms with E-state index < -0.39 is 0 Å². The number of anilines is 1. The number of aryl methyl sites for hydroxylation is 1. The van der Waals surface area contributed by atoms with E-state index in [1.54, 1.807) is 0 Å². The Bertz CT molecular complexity index is 1350. The predicted molar refractivity (Wildman–Crippen MR) is 145 cm³/mol. The van der Waals surface area contributed by atoms with E-state index in [1.807, 2.05) is 50.1 Å². The molecule has 2 aliphatic rings. The van der Waals surface area contributed by atoms with Crippen molar-refractivity contribution in [2.75, 3.05) is 18.4 Å². The largest absolute Gasteiger partial charge is 0.322 e. The van der Waals surface area contributed by atoms with Crippen LogP contribution in [0, 0.1) is 6.92 Å². The van der Waals surface area contributed by atoms with Crippen molar-refractivity contribution in [2.45, 2.75) is 52.7 Å². The number of pyridine rings is 1. The first kappa shape index (κ1) is 23.9. The lowest BCUT2D eigenvalue weighted by Crippen LogP contribution is -2.52. The van der Waals surface area contributed by atoms with Gasteiger partial charge in [0.2, 0.25) is 0 Å². The minimum Gasteiger partial charge on any atom is -0.316 e. The number of fused-ring (bicyclic) bond motifs is 2. The number of H-pyrrole nitrogens is 1. The van der Waals surface area contributed by atoms with Crippen molar-refractivity contribution in [3.8, 4) is 0 Å². The van der Waals surface area contributed by atoms with Crippen LogP contribution in [0.1, 0.15) is 49.2 Å². The third-order valence-corrected chi connectivity index (χ3v) is 7.13. The van der Waals surface area contributed by atoms with E-state index in [0.29, 0.717) is 6.54 Å². The fraction of sp³-hybridized carbons (Fsp3) is 0.357. The summed E-state index contributed by atoms with van der Waals surface area (Å²) in [6, 6.07) is 8.48. The normalized spacial score (nSPS) is 19.4. The quantitative estimate of drug-likeness (QED) is 0.368. The van der Waals surface area contributed by atoms with Gasteiger partial charge in [-0.2, -0.15) is 5.10 Å². The van der Waals surface area contributed by atoms with Gasteiger partial charge in [0, 0.05) is 59.9 Å². The van der Waals surface area contributed by atoms with E-state index in [4.69, 9.17) is 0 Å². The van der Waals surface area contributed by atoms with Crippen molar-refractivity contribution in [1.29, 1.82) is 0 Å². The Morgan fingerprint density at radius 3 is 2.94 bits per heavy atom. The number of allylic oxidation sites excluding steroid dienone is 4. The molecule has 3 aromatic rings. The number of aromatic nitrogens is 3. The molecule has 8 heteroatoms. The molecule has 4 heterocycles. The lowest BCUT2D eigenvalue weighted by molar-refractivity contribution is 0.108. The van der Waals surface area contributed by atoms with Crippen LogP contribution in [0.4, 0.5) is 10.5 Å². The number of amides is 2. The van der Waals surface area contributed by atoms with Gasteiger partial charge in [0.1, 0.15) is 0 Å².